The van der Waals surface area contributed by atoms with Crippen molar-refractivity contribution in [1.29, 1.82) is 0 Å². The van der Waals surface area contributed by atoms with Gasteiger partial charge in [-0.05, 0) is 35.9 Å². The molecule has 0 aliphatic rings. The Bertz CT molecular complexity index is 1040. The smallest absolute Gasteiger partial charge is 0.252 e. The van der Waals surface area contributed by atoms with E-state index in [1.54, 1.807) is 30.6 Å². The predicted octanol–water partition coefficient (Wildman–Crippen LogP) is 3.66. The predicted molar refractivity (Wildman–Crippen MR) is 91.2 cm³/mol. The molecule has 0 saturated carbocycles. The second-order valence-corrected chi connectivity index (χ2v) is 5.36. The molecule has 4 rings (SSSR count). The minimum absolute atomic E-state index is 0.328. The Balaban J connectivity index is 1.84. The zero-order valence-corrected chi connectivity index (χ0v) is 12.6. The fourth-order valence-corrected chi connectivity index (χ4v) is 2.63. The number of oxazole rings is 1. The number of pyridine rings is 1. The lowest BCUT2D eigenvalue weighted by molar-refractivity contribution is 0.100. The number of carbonyl (C=O) groups excluding carboxylic acids is 1. The molecule has 2 aromatic heterocycles. The molecule has 0 spiro atoms. The number of benzene rings is 2. The summed E-state index contributed by atoms with van der Waals surface area (Å²) in [5, 5.41) is 0. The molecule has 2 heterocycles. The molecule has 0 fully saturated rings. The van der Waals surface area contributed by atoms with Gasteiger partial charge in [0.05, 0.1) is 5.56 Å². The lowest BCUT2D eigenvalue weighted by Gasteiger charge is -2.02. The Morgan fingerprint density at radius 1 is 0.958 bits per heavy atom. The first-order chi connectivity index (χ1) is 11.7. The summed E-state index contributed by atoms with van der Waals surface area (Å²) >= 11 is 0. The molecule has 0 saturated heterocycles. The third-order valence-electron chi connectivity index (χ3n) is 3.78. The van der Waals surface area contributed by atoms with Crippen LogP contribution in [0.3, 0.4) is 0 Å². The number of rotatable bonds is 3. The van der Waals surface area contributed by atoms with E-state index in [4.69, 9.17) is 10.2 Å². The van der Waals surface area contributed by atoms with Crippen LogP contribution in [0.5, 0.6) is 0 Å². The quantitative estimate of drug-likeness (QED) is 0.625. The Hall–Kier alpha value is -3.47. The van der Waals surface area contributed by atoms with Crippen LogP contribution < -0.4 is 5.73 Å². The van der Waals surface area contributed by atoms with Gasteiger partial charge in [-0.2, -0.15) is 0 Å². The number of amides is 1. The molecule has 2 N–H and O–H groups in total. The van der Waals surface area contributed by atoms with E-state index in [2.05, 4.69) is 9.97 Å². The number of fused-ring (bicyclic) bond motifs is 1. The Morgan fingerprint density at radius 2 is 1.75 bits per heavy atom. The SMILES string of the molecule is NC(=O)c1cccc2nc(-c3cccc(-c4cccnc4)c3)oc12. The number of para-hydroxylation sites is 1. The van der Waals surface area contributed by atoms with Crippen LogP contribution in [0.25, 0.3) is 33.7 Å². The molecule has 0 aliphatic heterocycles. The van der Waals surface area contributed by atoms with E-state index in [9.17, 15) is 4.79 Å². The molecule has 2 aromatic carbocycles. The van der Waals surface area contributed by atoms with Crippen molar-refractivity contribution in [3.8, 4) is 22.6 Å². The summed E-state index contributed by atoms with van der Waals surface area (Å²) in [5.74, 6) is -0.0862. The second-order valence-electron chi connectivity index (χ2n) is 5.36. The molecule has 5 nitrogen and oxygen atoms in total. The van der Waals surface area contributed by atoms with Crippen LogP contribution in [0.15, 0.2) is 71.4 Å². The highest BCUT2D eigenvalue weighted by molar-refractivity contribution is 6.03. The highest BCUT2D eigenvalue weighted by Crippen LogP contribution is 2.29. The monoisotopic (exact) mass is 315 g/mol. The van der Waals surface area contributed by atoms with E-state index >= 15 is 0 Å². The van der Waals surface area contributed by atoms with Gasteiger partial charge in [-0.1, -0.05) is 24.3 Å². The fourth-order valence-electron chi connectivity index (χ4n) is 2.63. The number of nitrogens with two attached hydrogens (primary N) is 1. The van der Waals surface area contributed by atoms with E-state index in [0.29, 0.717) is 22.6 Å². The number of nitrogens with zero attached hydrogens (tertiary/aromatic N) is 2. The highest BCUT2D eigenvalue weighted by atomic mass is 16.3. The first-order valence-corrected chi connectivity index (χ1v) is 7.42. The summed E-state index contributed by atoms with van der Waals surface area (Å²) in [6, 6.07) is 16.9. The van der Waals surface area contributed by atoms with Gasteiger partial charge in [-0.25, -0.2) is 4.98 Å². The van der Waals surface area contributed by atoms with Gasteiger partial charge < -0.3 is 10.2 Å². The molecule has 0 atom stereocenters. The van der Waals surface area contributed by atoms with Crippen LogP contribution in [-0.4, -0.2) is 15.9 Å². The molecular formula is C19H13N3O2. The van der Waals surface area contributed by atoms with Crippen LogP contribution in [-0.2, 0) is 0 Å². The molecule has 0 bridgehead atoms. The van der Waals surface area contributed by atoms with Gasteiger partial charge >= 0.3 is 0 Å². The van der Waals surface area contributed by atoms with E-state index < -0.39 is 5.91 Å². The number of carbonyl (C=O) groups is 1. The largest absolute Gasteiger partial charge is 0.435 e. The molecule has 1 amide bonds. The van der Waals surface area contributed by atoms with Gasteiger partial charge in [0.25, 0.3) is 5.91 Å². The third kappa shape index (κ3) is 2.42. The number of hydrogen-bond donors (Lipinski definition) is 1. The maximum absolute atomic E-state index is 11.5. The third-order valence-corrected chi connectivity index (χ3v) is 3.78. The molecule has 0 radical (unpaired) electrons. The average Bonchev–Trinajstić information content (AvgIpc) is 3.06. The maximum Gasteiger partial charge on any atom is 0.252 e. The van der Waals surface area contributed by atoms with Crippen molar-refractivity contribution in [2.75, 3.05) is 0 Å². The van der Waals surface area contributed by atoms with Crippen molar-refractivity contribution in [1.82, 2.24) is 9.97 Å². The van der Waals surface area contributed by atoms with E-state index in [-0.39, 0.29) is 0 Å². The molecule has 0 unspecified atom stereocenters. The highest BCUT2D eigenvalue weighted by Gasteiger charge is 2.14. The minimum atomic E-state index is -0.535. The van der Waals surface area contributed by atoms with E-state index in [1.165, 1.54) is 0 Å². The van der Waals surface area contributed by atoms with Gasteiger partial charge in [0.1, 0.15) is 5.52 Å². The summed E-state index contributed by atoms with van der Waals surface area (Å²) < 4.78 is 5.81. The van der Waals surface area contributed by atoms with Crippen molar-refractivity contribution < 1.29 is 9.21 Å². The molecule has 5 heteroatoms. The molecular weight excluding hydrogens is 302 g/mol. The van der Waals surface area contributed by atoms with Crippen LogP contribution >= 0.6 is 0 Å². The molecule has 24 heavy (non-hydrogen) atoms. The van der Waals surface area contributed by atoms with Crippen molar-refractivity contribution in [2.24, 2.45) is 5.73 Å². The van der Waals surface area contributed by atoms with Crippen LogP contribution in [0.2, 0.25) is 0 Å². The van der Waals surface area contributed by atoms with Crippen LogP contribution in [0, 0.1) is 0 Å². The summed E-state index contributed by atoms with van der Waals surface area (Å²) in [4.78, 5) is 20.1. The Morgan fingerprint density at radius 3 is 2.54 bits per heavy atom. The summed E-state index contributed by atoms with van der Waals surface area (Å²) in [7, 11) is 0. The standard InChI is InChI=1S/C19H13N3O2/c20-18(23)15-7-2-8-16-17(15)24-19(22-16)13-5-1-4-12(10-13)14-6-3-9-21-11-14/h1-11H,(H2,20,23). The Kier molecular flexibility index (Phi) is 3.31. The molecule has 4 aromatic rings. The first-order valence-electron chi connectivity index (χ1n) is 7.42. The van der Waals surface area contributed by atoms with Gasteiger partial charge in [0, 0.05) is 23.5 Å². The minimum Gasteiger partial charge on any atom is -0.435 e. The zero-order chi connectivity index (χ0) is 16.5. The van der Waals surface area contributed by atoms with Crippen LogP contribution in [0.1, 0.15) is 10.4 Å². The number of primary amides is 1. The lowest BCUT2D eigenvalue weighted by Crippen LogP contribution is -2.10. The van der Waals surface area contributed by atoms with Gasteiger partial charge in [0.2, 0.25) is 5.89 Å². The van der Waals surface area contributed by atoms with Gasteiger partial charge in [-0.15, -0.1) is 0 Å². The second kappa shape index (κ2) is 5.62. The van der Waals surface area contributed by atoms with E-state index in [0.717, 1.165) is 16.7 Å². The average molecular weight is 315 g/mol. The molecule has 0 aliphatic carbocycles. The molecule has 116 valence electrons. The van der Waals surface area contributed by atoms with Crippen molar-refractivity contribution in [3.63, 3.8) is 0 Å². The van der Waals surface area contributed by atoms with Crippen LogP contribution in [0.4, 0.5) is 0 Å². The normalized spacial score (nSPS) is 10.8. The number of aromatic nitrogens is 2. The summed E-state index contributed by atoms with van der Waals surface area (Å²) in [5.41, 5.74) is 9.58. The maximum atomic E-state index is 11.5. The topological polar surface area (TPSA) is 82.0 Å². The Labute approximate surface area is 137 Å². The number of hydrogen-bond acceptors (Lipinski definition) is 4. The fraction of sp³-hybridized carbons (Fsp3) is 0. The van der Waals surface area contributed by atoms with Gasteiger partial charge in [-0.3, -0.25) is 9.78 Å². The van der Waals surface area contributed by atoms with Crippen molar-refractivity contribution in [2.45, 2.75) is 0 Å². The lowest BCUT2D eigenvalue weighted by atomic mass is 10.0. The van der Waals surface area contributed by atoms with Crippen molar-refractivity contribution >= 4 is 17.0 Å². The first kappa shape index (κ1) is 14.1. The van der Waals surface area contributed by atoms with Gasteiger partial charge in [0.15, 0.2) is 5.58 Å². The van der Waals surface area contributed by atoms with E-state index in [1.807, 2.05) is 36.4 Å². The zero-order valence-electron chi connectivity index (χ0n) is 12.6. The van der Waals surface area contributed by atoms with Crippen molar-refractivity contribution in [3.05, 3.63) is 72.6 Å². The summed E-state index contributed by atoms with van der Waals surface area (Å²) in [6.45, 7) is 0. The summed E-state index contributed by atoms with van der Waals surface area (Å²) in [6.07, 6.45) is 3.54.